The van der Waals surface area contributed by atoms with E-state index >= 15 is 0 Å². The van der Waals surface area contributed by atoms with E-state index in [4.69, 9.17) is 16.3 Å². The smallest absolute Gasteiger partial charge is 0.322 e. The number of nitrogens with one attached hydrogen (secondary N) is 1. The van der Waals surface area contributed by atoms with E-state index in [0.29, 0.717) is 29.8 Å². The highest BCUT2D eigenvalue weighted by atomic mass is 35.5. The van der Waals surface area contributed by atoms with E-state index in [0.717, 1.165) is 17.7 Å². The Morgan fingerprint density at radius 1 is 1.14 bits per heavy atom. The summed E-state index contributed by atoms with van der Waals surface area (Å²) in [6.45, 7) is 9.05. The number of benzene rings is 2. The topological polar surface area (TPSA) is 61.9 Å². The molecule has 6 nitrogen and oxygen atoms in total. The van der Waals surface area contributed by atoms with Crippen molar-refractivity contribution < 1.29 is 14.3 Å². The van der Waals surface area contributed by atoms with Gasteiger partial charge in [-0.05, 0) is 79.1 Å². The highest BCUT2D eigenvalue weighted by Gasteiger charge is 2.34. The number of hydrogen-bond donors (Lipinski definition) is 1. The fraction of sp³-hybridized carbons (Fsp3) is 0.379. The van der Waals surface area contributed by atoms with Gasteiger partial charge in [-0.15, -0.1) is 11.3 Å². The summed E-state index contributed by atoms with van der Waals surface area (Å²) in [7, 11) is 0. The summed E-state index contributed by atoms with van der Waals surface area (Å²) < 4.78 is 6.18. The van der Waals surface area contributed by atoms with Crippen LogP contribution in [0.25, 0.3) is 0 Å². The summed E-state index contributed by atoms with van der Waals surface area (Å²) >= 11 is 7.78. The minimum absolute atomic E-state index is 0.0247. The van der Waals surface area contributed by atoms with Crippen molar-refractivity contribution in [1.82, 2.24) is 9.80 Å². The van der Waals surface area contributed by atoms with Crippen LogP contribution in [0.4, 0.5) is 10.5 Å². The van der Waals surface area contributed by atoms with E-state index in [9.17, 15) is 9.59 Å². The molecule has 1 N–H and O–H groups in total. The third-order valence-electron chi connectivity index (χ3n) is 6.64. The van der Waals surface area contributed by atoms with Crippen LogP contribution in [0.2, 0.25) is 5.02 Å². The van der Waals surface area contributed by atoms with Gasteiger partial charge >= 0.3 is 6.03 Å². The molecule has 3 amide bonds. The van der Waals surface area contributed by atoms with Crippen molar-refractivity contribution in [3.8, 4) is 5.75 Å². The van der Waals surface area contributed by atoms with Crippen molar-refractivity contribution in [2.45, 2.75) is 52.1 Å². The number of rotatable bonds is 8. The molecule has 3 aromatic rings. The minimum Gasteiger partial charge on any atom is -0.491 e. The lowest BCUT2D eigenvalue weighted by molar-refractivity contribution is -0.135. The molecule has 0 bridgehead atoms. The van der Waals surface area contributed by atoms with Crippen LogP contribution < -0.4 is 10.1 Å². The number of thiophene rings is 1. The van der Waals surface area contributed by atoms with E-state index in [-0.39, 0.29) is 30.6 Å². The highest BCUT2D eigenvalue weighted by Crippen LogP contribution is 2.34. The van der Waals surface area contributed by atoms with Crippen molar-refractivity contribution in [1.29, 1.82) is 0 Å². The first-order valence-corrected chi connectivity index (χ1v) is 13.9. The standard InChI is InChI=1S/C29H34ClN3O3S/c1-19(2)21-8-10-24(11-9-21)36-18-26-25-13-15-37-27(25)12-14-32(26)28(34)17-33(20(3)4)29(35)31-23-7-5-6-22(30)16-23/h5-11,13,15-16,19-20,26H,12,14,17-18H2,1-4H3,(H,31,35)/t26-/m1/s1. The first-order valence-electron chi connectivity index (χ1n) is 12.6. The molecule has 0 saturated heterocycles. The second-order valence-electron chi connectivity index (χ2n) is 9.85. The van der Waals surface area contributed by atoms with Gasteiger partial charge in [0.15, 0.2) is 0 Å². The van der Waals surface area contributed by atoms with Crippen molar-refractivity contribution in [2.24, 2.45) is 0 Å². The Morgan fingerprint density at radius 2 is 1.89 bits per heavy atom. The fourth-order valence-corrected chi connectivity index (χ4v) is 5.60. The number of ether oxygens (including phenoxy) is 1. The molecule has 196 valence electrons. The van der Waals surface area contributed by atoms with Gasteiger partial charge in [-0.2, -0.15) is 0 Å². The van der Waals surface area contributed by atoms with E-state index in [2.05, 4.69) is 42.7 Å². The Hall–Kier alpha value is -3.03. The second-order valence-corrected chi connectivity index (χ2v) is 11.3. The molecule has 1 aliphatic rings. The van der Waals surface area contributed by atoms with Gasteiger partial charge in [0.1, 0.15) is 18.9 Å². The third-order valence-corrected chi connectivity index (χ3v) is 7.87. The number of carbonyl (C=O) groups is 2. The molecule has 1 aliphatic heterocycles. The van der Waals surface area contributed by atoms with Crippen molar-refractivity contribution in [3.05, 3.63) is 81.0 Å². The number of amides is 3. The number of carbonyl (C=O) groups excluding carboxylic acids is 2. The number of halogens is 1. The largest absolute Gasteiger partial charge is 0.491 e. The lowest BCUT2D eigenvalue weighted by atomic mass is 10.00. The van der Waals surface area contributed by atoms with Crippen LogP contribution in [0.3, 0.4) is 0 Å². The second kappa shape index (κ2) is 12.0. The predicted molar refractivity (Wildman–Crippen MR) is 151 cm³/mol. The fourth-order valence-electron chi connectivity index (χ4n) is 4.49. The molecule has 1 aromatic heterocycles. The zero-order valence-electron chi connectivity index (χ0n) is 21.7. The maximum atomic E-state index is 13.6. The van der Waals surface area contributed by atoms with Gasteiger partial charge in [0.05, 0.1) is 6.04 Å². The lowest BCUT2D eigenvalue weighted by Gasteiger charge is -2.37. The van der Waals surface area contributed by atoms with E-state index in [1.807, 2.05) is 30.9 Å². The number of nitrogens with zero attached hydrogens (tertiary/aromatic N) is 2. The van der Waals surface area contributed by atoms with Gasteiger partial charge in [0.25, 0.3) is 0 Å². The van der Waals surface area contributed by atoms with Gasteiger partial charge < -0.3 is 19.9 Å². The minimum atomic E-state index is -0.336. The number of fused-ring (bicyclic) bond motifs is 1. The van der Waals surface area contributed by atoms with Crippen LogP contribution in [-0.2, 0) is 11.2 Å². The van der Waals surface area contributed by atoms with Gasteiger partial charge in [0.2, 0.25) is 5.91 Å². The molecule has 1 atom stereocenters. The Balaban J connectivity index is 1.48. The average Bonchev–Trinajstić information content (AvgIpc) is 3.35. The molecule has 4 rings (SSSR count). The Morgan fingerprint density at radius 3 is 2.57 bits per heavy atom. The Kier molecular flexibility index (Phi) is 8.77. The molecule has 37 heavy (non-hydrogen) atoms. The summed E-state index contributed by atoms with van der Waals surface area (Å²) in [6.07, 6.45) is 0.800. The van der Waals surface area contributed by atoms with Crippen LogP contribution in [0, 0.1) is 0 Å². The normalized spacial score (nSPS) is 15.0. The molecule has 2 heterocycles. The molecule has 0 saturated carbocycles. The number of hydrogen-bond acceptors (Lipinski definition) is 4. The van der Waals surface area contributed by atoms with Gasteiger partial charge in [-0.25, -0.2) is 4.79 Å². The zero-order chi connectivity index (χ0) is 26.5. The quantitative estimate of drug-likeness (QED) is 0.336. The maximum absolute atomic E-state index is 13.6. The highest BCUT2D eigenvalue weighted by molar-refractivity contribution is 7.10. The zero-order valence-corrected chi connectivity index (χ0v) is 23.3. The van der Waals surface area contributed by atoms with Crippen molar-refractivity contribution in [3.63, 3.8) is 0 Å². The summed E-state index contributed by atoms with van der Waals surface area (Å²) in [5.74, 6) is 1.13. The van der Waals surface area contributed by atoms with Gasteiger partial charge in [-0.3, -0.25) is 4.79 Å². The predicted octanol–water partition coefficient (Wildman–Crippen LogP) is 6.97. The van der Waals surface area contributed by atoms with Crippen LogP contribution in [0.15, 0.2) is 60.0 Å². The van der Waals surface area contributed by atoms with Crippen LogP contribution >= 0.6 is 22.9 Å². The average molecular weight is 540 g/mol. The first-order chi connectivity index (χ1) is 17.7. The molecular formula is C29H34ClN3O3S. The van der Waals surface area contributed by atoms with Gasteiger partial charge in [-0.1, -0.05) is 43.6 Å². The molecule has 8 heteroatoms. The molecule has 0 aliphatic carbocycles. The van der Waals surface area contributed by atoms with Crippen molar-refractivity contribution in [2.75, 3.05) is 25.0 Å². The molecule has 0 spiro atoms. The third kappa shape index (κ3) is 6.65. The molecule has 0 unspecified atom stereocenters. The van der Waals surface area contributed by atoms with E-state index in [1.165, 1.54) is 10.4 Å². The number of anilines is 1. The molecule has 0 radical (unpaired) electrons. The van der Waals surface area contributed by atoms with E-state index in [1.54, 1.807) is 40.5 Å². The number of urea groups is 1. The SMILES string of the molecule is CC(C)c1ccc(OC[C@@H]2c3ccsc3CCN2C(=O)CN(C(=O)Nc2cccc(Cl)c2)C(C)C)cc1. The first kappa shape index (κ1) is 27.0. The molecule has 2 aromatic carbocycles. The summed E-state index contributed by atoms with van der Waals surface area (Å²) in [4.78, 5) is 31.4. The monoisotopic (exact) mass is 539 g/mol. The summed E-state index contributed by atoms with van der Waals surface area (Å²) in [5.41, 5.74) is 2.97. The van der Waals surface area contributed by atoms with E-state index < -0.39 is 0 Å². The summed E-state index contributed by atoms with van der Waals surface area (Å²) in [5, 5.41) is 5.47. The van der Waals surface area contributed by atoms with Crippen LogP contribution in [0.1, 0.15) is 55.7 Å². The van der Waals surface area contributed by atoms with Crippen LogP contribution in [0.5, 0.6) is 5.75 Å². The van der Waals surface area contributed by atoms with Gasteiger partial charge in [0, 0.05) is 28.2 Å². The van der Waals surface area contributed by atoms with Crippen molar-refractivity contribution >= 4 is 40.6 Å². The Labute approximate surface area is 228 Å². The van der Waals surface area contributed by atoms with Crippen LogP contribution in [-0.4, -0.2) is 47.5 Å². The summed E-state index contributed by atoms with van der Waals surface area (Å²) in [6, 6.07) is 16.5. The Bertz CT molecular complexity index is 1230. The maximum Gasteiger partial charge on any atom is 0.322 e. The molecular weight excluding hydrogens is 506 g/mol. The molecule has 0 fully saturated rings. The lowest BCUT2D eigenvalue weighted by Crippen LogP contribution is -2.50.